The molecule has 38 heavy (non-hydrogen) atoms. The summed E-state index contributed by atoms with van der Waals surface area (Å²) in [7, 11) is -4.04. The van der Waals surface area contributed by atoms with Crippen molar-refractivity contribution in [2.24, 2.45) is 10.1 Å². The Labute approximate surface area is 219 Å². The van der Waals surface area contributed by atoms with E-state index in [1.54, 1.807) is 61.5 Å². The number of amides is 2. The van der Waals surface area contributed by atoms with Crippen molar-refractivity contribution in [2.45, 2.75) is 25.3 Å². The smallest absolute Gasteiger partial charge is 0.284 e. The van der Waals surface area contributed by atoms with Crippen molar-refractivity contribution >= 4 is 27.5 Å². The molecule has 2 aromatic heterocycles. The average molecular weight is 532 g/mol. The molecule has 0 saturated carbocycles. The highest BCUT2D eigenvalue weighted by Crippen LogP contribution is 2.24. The van der Waals surface area contributed by atoms with Crippen LogP contribution in [0.25, 0.3) is 0 Å². The van der Waals surface area contributed by atoms with Gasteiger partial charge in [0.05, 0.1) is 4.90 Å². The Hall–Kier alpha value is -4.77. The van der Waals surface area contributed by atoms with Gasteiger partial charge < -0.3 is 20.4 Å². The quantitative estimate of drug-likeness (QED) is 0.357. The molecule has 3 N–H and O–H groups in total. The van der Waals surface area contributed by atoms with E-state index in [0.717, 1.165) is 11.3 Å². The third-order valence-electron chi connectivity index (χ3n) is 5.28. The number of benzene rings is 2. The molecule has 11 heteroatoms. The minimum absolute atomic E-state index is 0.00314. The van der Waals surface area contributed by atoms with Gasteiger partial charge in [-0.1, -0.05) is 29.8 Å². The molecule has 0 aliphatic heterocycles. The minimum atomic E-state index is -4.04. The fourth-order valence-electron chi connectivity index (χ4n) is 3.48. The lowest BCUT2D eigenvalue weighted by molar-refractivity contribution is -0.118. The van der Waals surface area contributed by atoms with Gasteiger partial charge in [0.2, 0.25) is 5.91 Å². The summed E-state index contributed by atoms with van der Waals surface area (Å²) < 4.78 is 36.7. The van der Waals surface area contributed by atoms with E-state index in [1.807, 2.05) is 6.92 Å². The summed E-state index contributed by atoms with van der Waals surface area (Å²) in [6.45, 7) is 3.32. The second kappa shape index (κ2) is 11.1. The maximum atomic E-state index is 12.8. The number of nitrogens with one attached hydrogen (secondary N) is 1. The zero-order valence-electron chi connectivity index (χ0n) is 20.7. The molecule has 0 bridgehead atoms. The predicted octanol–water partition coefficient (Wildman–Crippen LogP) is 3.32. The number of carbonyl (C=O) groups excluding carboxylic acids is 2. The number of sulfonamides is 1. The summed E-state index contributed by atoms with van der Waals surface area (Å²) in [6.07, 6.45) is 1.43. The summed E-state index contributed by atoms with van der Waals surface area (Å²) in [5.41, 5.74) is 7.77. The highest BCUT2D eigenvalue weighted by molar-refractivity contribution is 7.90. The largest absolute Gasteiger partial charge is 0.456 e. The molecule has 2 heterocycles. The summed E-state index contributed by atoms with van der Waals surface area (Å²) in [5, 5.41) is 2.77. The Morgan fingerprint density at radius 2 is 1.71 bits per heavy atom. The second-order valence-corrected chi connectivity index (χ2v) is 10.0. The van der Waals surface area contributed by atoms with Crippen LogP contribution in [-0.2, 0) is 21.4 Å². The molecule has 2 aromatic carbocycles. The van der Waals surface area contributed by atoms with E-state index in [-0.39, 0.29) is 28.5 Å². The van der Waals surface area contributed by atoms with Crippen LogP contribution in [0.15, 0.2) is 94.4 Å². The molecule has 2 amide bonds. The Bertz CT molecular complexity index is 1680. The molecule has 4 aromatic rings. The molecule has 4 rings (SSSR count). The first kappa shape index (κ1) is 26.3. The van der Waals surface area contributed by atoms with Gasteiger partial charge in [0.15, 0.2) is 0 Å². The maximum Gasteiger partial charge on any atom is 0.284 e. The normalized spacial score (nSPS) is 11.7. The van der Waals surface area contributed by atoms with E-state index in [2.05, 4.69) is 14.7 Å². The van der Waals surface area contributed by atoms with Gasteiger partial charge in [-0.25, -0.2) is 4.98 Å². The van der Waals surface area contributed by atoms with E-state index < -0.39 is 15.9 Å². The molecular weight excluding hydrogens is 506 g/mol. The third kappa shape index (κ3) is 6.71. The fraction of sp³-hybridized carbons (Fsp3) is 0.111. The first-order valence-corrected chi connectivity index (χ1v) is 12.9. The second-order valence-electron chi connectivity index (χ2n) is 8.44. The van der Waals surface area contributed by atoms with Crippen molar-refractivity contribution < 1.29 is 22.7 Å². The number of ether oxygens (including phenoxy) is 1. The highest BCUT2D eigenvalue weighted by atomic mass is 32.2. The number of aryl methyl sites for hydroxylation is 2. The van der Waals surface area contributed by atoms with Gasteiger partial charge in [-0.05, 0) is 62.4 Å². The maximum absolute atomic E-state index is 12.8. The number of nitrogens with two attached hydrogens (primary N) is 1. The SMILES string of the molecule is Cc1ccc(S(=O)(=O)/N=c2/ccc(Oc3cccc(NC(=O)c4cccc(C)n4)c3)cn2CC(N)=O)cc1. The Kier molecular flexibility index (Phi) is 7.68. The Morgan fingerprint density at radius 3 is 2.42 bits per heavy atom. The summed E-state index contributed by atoms with van der Waals surface area (Å²) in [6, 6.07) is 21.1. The third-order valence-corrected chi connectivity index (χ3v) is 6.58. The standard InChI is InChI=1S/C27H25N5O5S/c1-18-9-12-23(13-10-18)38(35,36)31-26-14-11-22(16-32(26)17-25(28)33)37-21-7-4-6-20(15-21)30-27(34)24-8-3-5-19(2)29-24/h3-16H,17H2,1-2H3,(H2,28,33)(H,30,34)/b31-26-. The van der Waals surface area contributed by atoms with Crippen molar-refractivity contribution in [1.82, 2.24) is 9.55 Å². The molecule has 0 aliphatic carbocycles. The van der Waals surface area contributed by atoms with Crippen LogP contribution in [-0.4, -0.2) is 29.8 Å². The van der Waals surface area contributed by atoms with Crippen LogP contribution >= 0.6 is 0 Å². The molecule has 0 fully saturated rings. The number of pyridine rings is 2. The van der Waals surface area contributed by atoms with Crippen LogP contribution in [0.2, 0.25) is 0 Å². The molecule has 0 unspecified atom stereocenters. The summed E-state index contributed by atoms with van der Waals surface area (Å²) in [5.74, 6) is -0.374. The van der Waals surface area contributed by atoms with Crippen molar-refractivity contribution in [3.63, 3.8) is 0 Å². The van der Waals surface area contributed by atoms with Crippen molar-refractivity contribution in [3.8, 4) is 11.5 Å². The number of hydrogen-bond donors (Lipinski definition) is 2. The lowest BCUT2D eigenvalue weighted by Gasteiger charge is -2.12. The van der Waals surface area contributed by atoms with Crippen LogP contribution in [0.5, 0.6) is 11.5 Å². The highest BCUT2D eigenvalue weighted by Gasteiger charge is 2.14. The molecule has 194 valence electrons. The minimum Gasteiger partial charge on any atom is -0.456 e. The first-order valence-electron chi connectivity index (χ1n) is 11.5. The van der Waals surface area contributed by atoms with Crippen LogP contribution in [0.3, 0.4) is 0 Å². The van der Waals surface area contributed by atoms with E-state index >= 15 is 0 Å². The van der Waals surface area contributed by atoms with Crippen LogP contribution in [0, 0.1) is 13.8 Å². The zero-order chi connectivity index (χ0) is 27.3. The number of primary amides is 1. The number of carbonyl (C=O) groups is 2. The van der Waals surface area contributed by atoms with Crippen molar-refractivity contribution in [1.29, 1.82) is 0 Å². The van der Waals surface area contributed by atoms with Gasteiger partial charge in [-0.3, -0.25) is 9.59 Å². The van der Waals surface area contributed by atoms with Crippen LogP contribution < -0.4 is 21.3 Å². The molecular formula is C27H25N5O5S. The first-order chi connectivity index (χ1) is 18.1. The molecule has 0 aliphatic rings. The van der Waals surface area contributed by atoms with E-state index in [1.165, 1.54) is 35.0 Å². The number of anilines is 1. The van der Waals surface area contributed by atoms with Crippen LogP contribution in [0.4, 0.5) is 5.69 Å². The monoisotopic (exact) mass is 531 g/mol. The van der Waals surface area contributed by atoms with Crippen molar-refractivity contribution in [2.75, 3.05) is 5.32 Å². The molecule has 10 nitrogen and oxygen atoms in total. The molecule has 0 atom stereocenters. The number of nitrogens with zero attached hydrogens (tertiary/aromatic N) is 3. The van der Waals surface area contributed by atoms with Gasteiger partial charge in [-0.2, -0.15) is 8.42 Å². The lowest BCUT2D eigenvalue weighted by Crippen LogP contribution is -2.28. The van der Waals surface area contributed by atoms with Gasteiger partial charge >= 0.3 is 0 Å². The Balaban J connectivity index is 1.60. The fourth-order valence-corrected chi connectivity index (χ4v) is 4.47. The molecule has 0 radical (unpaired) electrons. The summed E-state index contributed by atoms with van der Waals surface area (Å²) in [4.78, 5) is 28.4. The predicted molar refractivity (Wildman–Crippen MR) is 141 cm³/mol. The number of rotatable bonds is 8. The topological polar surface area (TPSA) is 146 Å². The number of aromatic nitrogens is 2. The van der Waals surface area contributed by atoms with E-state index in [9.17, 15) is 18.0 Å². The van der Waals surface area contributed by atoms with Gasteiger partial charge in [0.25, 0.3) is 15.9 Å². The number of hydrogen-bond acceptors (Lipinski definition) is 6. The van der Waals surface area contributed by atoms with Gasteiger partial charge in [-0.15, -0.1) is 4.40 Å². The van der Waals surface area contributed by atoms with E-state index in [4.69, 9.17) is 10.5 Å². The lowest BCUT2D eigenvalue weighted by atomic mass is 10.2. The van der Waals surface area contributed by atoms with Gasteiger partial charge in [0, 0.05) is 23.6 Å². The van der Waals surface area contributed by atoms with Gasteiger partial charge in [0.1, 0.15) is 29.2 Å². The summed E-state index contributed by atoms with van der Waals surface area (Å²) >= 11 is 0. The zero-order valence-corrected chi connectivity index (χ0v) is 21.5. The van der Waals surface area contributed by atoms with Crippen LogP contribution in [0.1, 0.15) is 21.7 Å². The van der Waals surface area contributed by atoms with E-state index in [0.29, 0.717) is 17.2 Å². The Morgan fingerprint density at radius 1 is 0.974 bits per heavy atom. The average Bonchev–Trinajstić information content (AvgIpc) is 2.86. The molecule has 0 spiro atoms. The van der Waals surface area contributed by atoms with Crippen molar-refractivity contribution in [3.05, 3.63) is 107 Å². The molecule has 0 saturated heterocycles.